The van der Waals surface area contributed by atoms with Gasteiger partial charge in [0.25, 0.3) is 0 Å². The van der Waals surface area contributed by atoms with Crippen LogP contribution in [0, 0.1) is 6.92 Å². The Kier molecular flexibility index (Phi) is 5.64. The van der Waals surface area contributed by atoms with Gasteiger partial charge in [-0.25, -0.2) is 4.79 Å². The fourth-order valence-corrected chi connectivity index (χ4v) is 3.50. The smallest absolute Gasteiger partial charge is 0.340 e. The van der Waals surface area contributed by atoms with E-state index in [1.54, 1.807) is 18.4 Å². The van der Waals surface area contributed by atoms with Crippen LogP contribution in [0.3, 0.4) is 0 Å². The summed E-state index contributed by atoms with van der Waals surface area (Å²) in [5.41, 5.74) is 2.81. The summed E-state index contributed by atoms with van der Waals surface area (Å²) >= 11 is 0. The van der Waals surface area contributed by atoms with E-state index < -0.39 is 5.97 Å². The van der Waals surface area contributed by atoms with E-state index in [4.69, 9.17) is 9.15 Å². The summed E-state index contributed by atoms with van der Waals surface area (Å²) in [6.07, 6.45) is 1.63. The van der Waals surface area contributed by atoms with Crippen molar-refractivity contribution in [1.82, 2.24) is 9.88 Å². The number of methoxy groups -OCH3 is 1. The summed E-state index contributed by atoms with van der Waals surface area (Å²) in [7, 11) is 1.35. The van der Waals surface area contributed by atoms with E-state index in [1.807, 2.05) is 62.6 Å². The van der Waals surface area contributed by atoms with Crippen LogP contribution in [0.1, 0.15) is 42.5 Å². The van der Waals surface area contributed by atoms with Crippen LogP contribution in [-0.2, 0) is 16.0 Å². The molecule has 0 radical (unpaired) electrons. The molecule has 0 bridgehead atoms. The average Bonchev–Trinajstić information content (AvgIpc) is 3.26. The first kappa shape index (κ1) is 20.5. The van der Waals surface area contributed by atoms with Gasteiger partial charge in [-0.2, -0.15) is 0 Å². The normalized spacial score (nSPS) is 11.3. The molecule has 29 heavy (non-hydrogen) atoms. The van der Waals surface area contributed by atoms with Crippen molar-refractivity contribution in [3.63, 3.8) is 0 Å². The van der Waals surface area contributed by atoms with Gasteiger partial charge in [0, 0.05) is 22.6 Å². The predicted molar refractivity (Wildman–Crippen MR) is 111 cm³/mol. The summed E-state index contributed by atoms with van der Waals surface area (Å²) in [4.78, 5) is 25.5. The molecule has 6 nitrogen and oxygen atoms in total. The zero-order valence-corrected chi connectivity index (χ0v) is 17.4. The summed E-state index contributed by atoms with van der Waals surface area (Å²) in [6, 6.07) is 13.2. The molecular weight excluding hydrogens is 368 g/mol. The molecule has 0 unspecified atom stereocenters. The molecule has 0 saturated heterocycles. The number of nitrogens with one attached hydrogen (secondary N) is 1. The molecule has 0 aliphatic heterocycles. The minimum Gasteiger partial charge on any atom is -0.465 e. The monoisotopic (exact) mass is 394 g/mol. The van der Waals surface area contributed by atoms with Gasteiger partial charge in [0.2, 0.25) is 5.91 Å². The highest BCUT2D eigenvalue weighted by Gasteiger charge is 2.30. The standard InChI is InChI=1S/C23H26N2O4/c1-15-20(22(27)28-5)21(18-12-9-13-29-18)17(14-19(26)24-23(2,3)4)25(15)16-10-7-6-8-11-16/h6-13H,14H2,1-5H3,(H,24,26). The molecule has 1 N–H and O–H groups in total. The molecule has 3 aromatic rings. The first-order valence-corrected chi connectivity index (χ1v) is 9.45. The number of benzene rings is 1. The van der Waals surface area contributed by atoms with Crippen LogP contribution in [0.15, 0.2) is 53.1 Å². The number of carbonyl (C=O) groups is 2. The third-order valence-corrected chi connectivity index (χ3v) is 4.52. The van der Waals surface area contributed by atoms with Gasteiger partial charge in [0.05, 0.1) is 30.9 Å². The van der Waals surface area contributed by atoms with Crippen molar-refractivity contribution in [2.75, 3.05) is 7.11 Å². The van der Waals surface area contributed by atoms with E-state index in [1.165, 1.54) is 7.11 Å². The highest BCUT2D eigenvalue weighted by Crippen LogP contribution is 2.36. The number of carbonyl (C=O) groups excluding carboxylic acids is 2. The number of rotatable bonds is 5. The van der Waals surface area contributed by atoms with E-state index in [0.717, 1.165) is 5.69 Å². The maximum Gasteiger partial charge on any atom is 0.340 e. The number of aromatic nitrogens is 1. The second-order valence-electron chi connectivity index (χ2n) is 7.90. The SMILES string of the molecule is COC(=O)c1c(-c2ccco2)c(CC(=O)NC(C)(C)C)n(-c2ccccc2)c1C. The van der Waals surface area contributed by atoms with E-state index in [0.29, 0.717) is 28.3 Å². The molecular formula is C23H26N2O4. The van der Waals surface area contributed by atoms with Crippen molar-refractivity contribution >= 4 is 11.9 Å². The number of nitrogens with zero attached hydrogens (tertiary/aromatic N) is 1. The van der Waals surface area contributed by atoms with Crippen LogP contribution >= 0.6 is 0 Å². The van der Waals surface area contributed by atoms with Crippen molar-refractivity contribution in [2.24, 2.45) is 0 Å². The third-order valence-electron chi connectivity index (χ3n) is 4.52. The average molecular weight is 394 g/mol. The second kappa shape index (κ2) is 7.99. The number of hydrogen-bond donors (Lipinski definition) is 1. The van der Waals surface area contributed by atoms with Gasteiger partial charge in [0.1, 0.15) is 5.76 Å². The van der Waals surface area contributed by atoms with Gasteiger partial charge >= 0.3 is 5.97 Å². The number of furan rings is 1. The highest BCUT2D eigenvalue weighted by molar-refractivity contribution is 6.00. The third kappa shape index (κ3) is 4.26. The molecule has 0 saturated carbocycles. The van der Waals surface area contributed by atoms with Gasteiger partial charge in [-0.15, -0.1) is 0 Å². The largest absolute Gasteiger partial charge is 0.465 e. The van der Waals surface area contributed by atoms with E-state index >= 15 is 0 Å². The van der Waals surface area contributed by atoms with Crippen LogP contribution in [-0.4, -0.2) is 29.1 Å². The molecule has 0 fully saturated rings. The zero-order valence-electron chi connectivity index (χ0n) is 17.4. The van der Waals surface area contributed by atoms with Crippen LogP contribution in [0.2, 0.25) is 0 Å². The van der Waals surface area contributed by atoms with Crippen molar-refractivity contribution in [1.29, 1.82) is 0 Å². The lowest BCUT2D eigenvalue weighted by Crippen LogP contribution is -2.41. The van der Waals surface area contributed by atoms with Crippen LogP contribution < -0.4 is 5.32 Å². The first-order chi connectivity index (χ1) is 13.7. The molecule has 2 heterocycles. The van der Waals surface area contributed by atoms with Crippen LogP contribution in [0.25, 0.3) is 17.0 Å². The Morgan fingerprint density at radius 2 is 1.79 bits per heavy atom. The summed E-state index contributed by atoms with van der Waals surface area (Å²) in [6.45, 7) is 7.63. The lowest BCUT2D eigenvalue weighted by Gasteiger charge is -2.21. The summed E-state index contributed by atoms with van der Waals surface area (Å²) in [5.74, 6) is -0.0980. The molecule has 6 heteroatoms. The minimum atomic E-state index is -0.471. The molecule has 0 aliphatic rings. The highest BCUT2D eigenvalue weighted by atomic mass is 16.5. The number of hydrogen-bond acceptors (Lipinski definition) is 4. The van der Waals surface area contributed by atoms with Gasteiger partial charge in [-0.1, -0.05) is 18.2 Å². The van der Waals surface area contributed by atoms with Gasteiger partial charge in [-0.05, 0) is 52.0 Å². The van der Waals surface area contributed by atoms with Crippen molar-refractivity contribution in [3.05, 3.63) is 65.7 Å². The molecule has 3 rings (SSSR count). The molecule has 0 aliphatic carbocycles. The fraction of sp³-hybridized carbons (Fsp3) is 0.304. The van der Waals surface area contributed by atoms with Crippen molar-refractivity contribution < 1.29 is 18.7 Å². The molecule has 1 amide bonds. The first-order valence-electron chi connectivity index (χ1n) is 9.45. The Morgan fingerprint density at radius 1 is 1.10 bits per heavy atom. The topological polar surface area (TPSA) is 73.5 Å². The van der Waals surface area contributed by atoms with Gasteiger partial charge < -0.3 is 19.0 Å². The zero-order chi connectivity index (χ0) is 21.2. The van der Waals surface area contributed by atoms with Gasteiger partial charge in [-0.3, -0.25) is 4.79 Å². The molecule has 1 aromatic carbocycles. The summed E-state index contributed by atoms with van der Waals surface area (Å²) in [5, 5.41) is 2.99. The van der Waals surface area contributed by atoms with E-state index in [-0.39, 0.29) is 17.9 Å². The van der Waals surface area contributed by atoms with Crippen molar-refractivity contribution in [2.45, 2.75) is 39.7 Å². The number of amides is 1. The Morgan fingerprint density at radius 3 is 2.34 bits per heavy atom. The van der Waals surface area contributed by atoms with E-state index in [9.17, 15) is 9.59 Å². The number of esters is 1. The Hall–Kier alpha value is -3.28. The maximum absolute atomic E-state index is 12.8. The quantitative estimate of drug-likeness (QED) is 0.655. The summed E-state index contributed by atoms with van der Waals surface area (Å²) < 4.78 is 12.6. The number of para-hydroxylation sites is 1. The minimum absolute atomic E-state index is 0.0834. The van der Waals surface area contributed by atoms with Crippen LogP contribution in [0.4, 0.5) is 0 Å². The molecule has 0 atom stereocenters. The van der Waals surface area contributed by atoms with Crippen LogP contribution in [0.5, 0.6) is 0 Å². The lowest BCUT2D eigenvalue weighted by atomic mass is 10.0. The lowest BCUT2D eigenvalue weighted by molar-refractivity contribution is -0.121. The van der Waals surface area contributed by atoms with Crippen molar-refractivity contribution in [3.8, 4) is 17.0 Å². The Bertz CT molecular complexity index is 1010. The molecule has 0 spiro atoms. The Balaban J connectivity index is 2.27. The van der Waals surface area contributed by atoms with E-state index in [2.05, 4.69) is 5.32 Å². The maximum atomic E-state index is 12.8. The Labute approximate surface area is 170 Å². The predicted octanol–water partition coefficient (Wildman–Crippen LogP) is 4.29. The fourth-order valence-electron chi connectivity index (χ4n) is 3.50. The molecule has 2 aromatic heterocycles. The van der Waals surface area contributed by atoms with Gasteiger partial charge in [0.15, 0.2) is 0 Å². The number of ether oxygens (including phenoxy) is 1. The molecule has 152 valence electrons. The second-order valence-corrected chi connectivity index (χ2v) is 7.90.